The molecule has 3 rings (SSSR count). The van der Waals surface area contributed by atoms with E-state index in [-0.39, 0.29) is 5.60 Å². The van der Waals surface area contributed by atoms with Gasteiger partial charge >= 0.3 is 0 Å². The van der Waals surface area contributed by atoms with E-state index in [0.29, 0.717) is 18.1 Å². The Morgan fingerprint density at radius 1 is 1.40 bits per heavy atom. The minimum atomic E-state index is -0.123. The third-order valence-corrected chi connectivity index (χ3v) is 4.20. The Balaban J connectivity index is 1.98. The number of benzene rings is 1. The summed E-state index contributed by atoms with van der Waals surface area (Å²) in [5, 5.41) is 12.1. The van der Waals surface area contributed by atoms with Crippen molar-refractivity contribution in [2.45, 2.75) is 38.3 Å². The van der Waals surface area contributed by atoms with Crippen molar-refractivity contribution in [3.05, 3.63) is 23.8 Å². The topological polar surface area (TPSA) is 78.8 Å². The standard InChI is InChI=1S/C14H19N5O/c1-10-5-3-6-11(15)12(10)13-16-17-18-19(13)9-14(20-2)7-4-8-14/h3,5-6H,4,7-9,15H2,1-2H3. The molecule has 0 unspecified atom stereocenters. The van der Waals surface area contributed by atoms with Gasteiger partial charge in [0.1, 0.15) is 0 Å². The number of methoxy groups -OCH3 is 1. The van der Waals surface area contributed by atoms with Crippen LogP contribution in [-0.4, -0.2) is 32.9 Å². The van der Waals surface area contributed by atoms with Crippen LogP contribution >= 0.6 is 0 Å². The molecule has 1 aliphatic carbocycles. The van der Waals surface area contributed by atoms with Gasteiger partial charge < -0.3 is 10.5 Å². The molecule has 0 radical (unpaired) electrons. The predicted octanol–water partition coefficient (Wildman–Crippen LogP) is 1.80. The molecule has 106 valence electrons. The largest absolute Gasteiger partial charge is 0.398 e. The molecule has 20 heavy (non-hydrogen) atoms. The molecule has 0 atom stereocenters. The van der Waals surface area contributed by atoms with Crippen molar-refractivity contribution in [1.29, 1.82) is 0 Å². The Morgan fingerprint density at radius 3 is 2.80 bits per heavy atom. The van der Waals surface area contributed by atoms with Crippen LogP contribution in [0.1, 0.15) is 24.8 Å². The molecule has 6 nitrogen and oxygen atoms in total. The summed E-state index contributed by atoms with van der Waals surface area (Å²) in [5.74, 6) is 0.712. The number of aryl methyl sites for hydroxylation is 1. The highest BCUT2D eigenvalue weighted by Crippen LogP contribution is 2.37. The van der Waals surface area contributed by atoms with E-state index in [1.54, 1.807) is 11.8 Å². The second-order valence-corrected chi connectivity index (χ2v) is 5.44. The lowest BCUT2D eigenvalue weighted by Crippen LogP contribution is -2.43. The minimum absolute atomic E-state index is 0.123. The molecule has 1 saturated carbocycles. The summed E-state index contributed by atoms with van der Waals surface area (Å²) in [6.45, 7) is 2.68. The summed E-state index contributed by atoms with van der Waals surface area (Å²) in [6, 6.07) is 5.82. The lowest BCUT2D eigenvalue weighted by Gasteiger charge is -2.40. The van der Waals surface area contributed by atoms with Gasteiger partial charge in [0.25, 0.3) is 0 Å². The fourth-order valence-electron chi connectivity index (χ4n) is 2.76. The Hall–Kier alpha value is -1.95. The van der Waals surface area contributed by atoms with Gasteiger partial charge in [-0.1, -0.05) is 12.1 Å². The maximum atomic E-state index is 6.08. The van der Waals surface area contributed by atoms with Gasteiger partial charge in [-0.3, -0.25) is 0 Å². The number of hydrogen-bond donors (Lipinski definition) is 1. The zero-order chi connectivity index (χ0) is 14.2. The lowest BCUT2D eigenvalue weighted by atomic mass is 9.80. The van der Waals surface area contributed by atoms with Crippen molar-refractivity contribution in [2.24, 2.45) is 0 Å². The molecule has 0 amide bonds. The smallest absolute Gasteiger partial charge is 0.184 e. The molecular weight excluding hydrogens is 254 g/mol. The number of anilines is 1. The molecule has 0 bridgehead atoms. The molecule has 1 fully saturated rings. The van der Waals surface area contributed by atoms with Crippen molar-refractivity contribution in [3.8, 4) is 11.4 Å². The zero-order valence-electron chi connectivity index (χ0n) is 11.8. The van der Waals surface area contributed by atoms with Crippen molar-refractivity contribution in [2.75, 3.05) is 12.8 Å². The molecule has 1 aromatic heterocycles. The highest BCUT2D eigenvalue weighted by atomic mass is 16.5. The molecule has 2 aromatic rings. The number of hydrogen-bond acceptors (Lipinski definition) is 5. The van der Waals surface area contributed by atoms with Crippen LogP contribution in [0, 0.1) is 6.92 Å². The van der Waals surface area contributed by atoms with E-state index in [2.05, 4.69) is 15.5 Å². The quantitative estimate of drug-likeness (QED) is 0.859. The van der Waals surface area contributed by atoms with E-state index >= 15 is 0 Å². The van der Waals surface area contributed by atoms with E-state index in [1.807, 2.05) is 25.1 Å². The van der Waals surface area contributed by atoms with Crippen molar-refractivity contribution in [3.63, 3.8) is 0 Å². The average molecular weight is 273 g/mol. The Labute approximate surface area is 117 Å². The molecular formula is C14H19N5O. The minimum Gasteiger partial charge on any atom is -0.398 e. The highest BCUT2D eigenvalue weighted by molar-refractivity contribution is 5.74. The molecule has 1 aromatic carbocycles. The van der Waals surface area contributed by atoms with Gasteiger partial charge in [0.15, 0.2) is 5.82 Å². The normalized spacial score (nSPS) is 16.9. The van der Waals surface area contributed by atoms with Crippen LogP contribution in [0.5, 0.6) is 0 Å². The summed E-state index contributed by atoms with van der Waals surface area (Å²) >= 11 is 0. The number of nitrogens with two attached hydrogens (primary N) is 1. The summed E-state index contributed by atoms with van der Waals surface area (Å²) in [4.78, 5) is 0. The number of aromatic nitrogens is 4. The van der Waals surface area contributed by atoms with E-state index in [1.165, 1.54) is 6.42 Å². The zero-order valence-corrected chi connectivity index (χ0v) is 11.8. The molecule has 0 aliphatic heterocycles. The van der Waals surface area contributed by atoms with E-state index in [4.69, 9.17) is 10.5 Å². The monoisotopic (exact) mass is 273 g/mol. The molecule has 2 N–H and O–H groups in total. The fourth-order valence-corrected chi connectivity index (χ4v) is 2.76. The summed E-state index contributed by atoms with van der Waals surface area (Å²) in [6.07, 6.45) is 3.29. The van der Waals surface area contributed by atoms with Gasteiger partial charge in [0, 0.05) is 18.4 Å². The number of nitrogens with zero attached hydrogens (tertiary/aromatic N) is 4. The SMILES string of the molecule is COC1(Cn2nnnc2-c2c(C)cccc2N)CCC1. The van der Waals surface area contributed by atoms with Gasteiger partial charge in [-0.25, -0.2) is 4.68 Å². The molecule has 0 saturated heterocycles. The van der Waals surface area contributed by atoms with Gasteiger partial charge in [-0.15, -0.1) is 5.10 Å². The number of rotatable bonds is 4. The first-order valence-corrected chi connectivity index (χ1v) is 6.82. The Morgan fingerprint density at radius 2 is 2.20 bits per heavy atom. The third kappa shape index (κ3) is 2.06. The number of ether oxygens (including phenoxy) is 1. The van der Waals surface area contributed by atoms with Crippen LogP contribution in [0.25, 0.3) is 11.4 Å². The van der Waals surface area contributed by atoms with E-state index in [9.17, 15) is 0 Å². The molecule has 6 heteroatoms. The van der Waals surface area contributed by atoms with Gasteiger partial charge in [0.2, 0.25) is 0 Å². The lowest BCUT2D eigenvalue weighted by molar-refractivity contribution is -0.0855. The van der Waals surface area contributed by atoms with Crippen LogP contribution < -0.4 is 5.73 Å². The van der Waals surface area contributed by atoms with Gasteiger partial charge in [0.05, 0.1) is 12.1 Å². The van der Waals surface area contributed by atoms with Crippen LogP contribution in [0.2, 0.25) is 0 Å². The summed E-state index contributed by atoms with van der Waals surface area (Å²) < 4.78 is 7.46. The number of nitrogen functional groups attached to an aromatic ring is 1. The fraction of sp³-hybridized carbons (Fsp3) is 0.500. The second-order valence-electron chi connectivity index (χ2n) is 5.44. The predicted molar refractivity (Wildman–Crippen MR) is 76.0 cm³/mol. The summed E-state index contributed by atoms with van der Waals surface area (Å²) in [7, 11) is 1.76. The maximum Gasteiger partial charge on any atom is 0.184 e. The van der Waals surface area contributed by atoms with E-state index < -0.39 is 0 Å². The summed E-state index contributed by atoms with van der Waals surface area (Å²) in [5.41, 5.74) is 8.63. The highest BCUT2D eigenvalue weighted by Gasteiger charge is 2.38. The number of tetrazole rings is 1. The molecule has 0 spiro atoms. The first kappa shape index (κ1) is 13.1. The van der Waals surface area contributed by atoms with Gasteiger partial charge in [-0.05, 0) is 48.2 Å². The third-order valence-electron chi connectivity index (χ3n) is 4.20. The Bertz CT molecular complexity index is 592. The van der Waals surface area contributed by atoms with Gasteiger partial charge in [-0.2, -0.15) is 0 Å². The Kier molecular flexibility index (Phi) is 3.17. The van der Waals surface area contributed by atoms with Crippen molar-refractivity contribution < 1.29 is 4.74 Å². The first-order chi connectivity index (χ1) is 9.65. The second kappa shape index (κ2) is 4.86. The molecule has 1 aliphatic rings. The first-order valence-electron chi connectivity index (χ1n) is 6.82. The van der Waals surface area contributed by atoms with Crippen molar-refractivity contribution in [1.82, 2.24) is 20.2 Å². The van der Waals surface area contributed by atoms with E-state index in [0.717, 1.165) is 24.0 Å². The average Bonchev–Trinajstić information content (AvgIpc) is 2.82. The van der Waals surface area contributed by atoms with Crippen LogP contribution in [0.3, 0.4) is 0 Å². The van der Waals surface area contributed by atoms with Crippen LogP contribution in [0.15, 0.2) is 18.2 Å². The maximum absolute atomic E-state index is 6.08. The van der Waals surface area contributed by atoms with Crippen LogP contribution in [0.4, 0.5) is 5.69 Å². The molecule has 1 heterocycles. The van der Waals surface area contributed by atoms with Crippen molar-refractivity contribution >= 4 is 5.69 Å². The van der Waals surface area contributed by atoms with Crippen LogP contribution in [-0.2, 0) is 11.3 Å².